The molecule has 0 heterocycles. The van der Waals surface area contributed by atoms with Crippen LogP contribution in [0.25, 0.3) is 11.1 Å². The van der Waals surface area contributed by atoms with E-state index in [9.17, 15) is 5.11 Å². The summed E-state index contributed by atoms with van der Waals surface area (Å²) in [6, 6.07) is 12.5. The Morgan fingerprint density at radius 3 is 2.21 bits per heavy atom. The molecule has 0 amide bonds. The first kappa shape index (κ1) is 18.8. The number of aryl methyl sites for hydroxylation is 1. The van der Waals surface area contributed by atoms with Crippen molar-refractivity contribution in [1.82, 2.24) is 0 Å². The first-order chi connectivity index (χ1) is 11.1. The molecule has 2 aromatic rings. The third kappa shape index (κ3) is 3.73. The average molecular weight is 343 g/mol. The summed E-state index contributed by atoms with van der Waals surface area (Å²) in [5.41, 5.74) is 5.70. The molecule has 3 heteroatoms. The van der Waals surface area contributed by atoms with Gasteiger partial charge in [-0.15, -0.1) is 0 Å². The normalized spacial score (nSPS) is 12.3. The molecule has 0 saturated carbocycles. The second kappa shape index (κ2) is 6.73. The first-order valence-corrected chi connectivity index (χ1v) is 11.5. The minimum absolute atomic E-state index is 0.0747. The van der Waals surface area contributed by atoms with Crippen LogP contribution in [0.4, 0.5) is 0 Å². The van der Waals surface area contributed by atoms with Gasteiger partial charge in [-0.05, 0) is 71.9 Å². The molecule has 0 radical (unpaired) electrons. The SMILES string of the molecule is Cc1cc(O[Si](C)(C)C(C)(C)C)ccc1-c1cccc(CO)c1C. The van der Waals surface area contributed by atoms with Crippen LogP contribution in [-0.2, 0) is 6.61 Å². The Morgan fingerprint density at radius 2 is 1.67 bits per heavy atom. The van der Waals surface area contributed by atoms with Crippen molar-refractivity contribution < 1.29 is 9.53 Å². The molecule has 0 aliphatic carbocycles. The summed E-state index contributed by atoms with van der Waals surface area (Å²) in [7, 11) is -1.82. The van der Waals surface area contributed by atoms with Crippen molar-refractivity contribution in [2.45, 2.75) is 59.4 Å². The van der Waals surface area contributed by atoms with Gasteiger partial charge in [0.1, 0.15) is 5.75 Å². The van der Waals surface area contributed by atoms with E-state index in [-0.39, 0.29) is 11.6 Å². The zero-order valence-electron chi connectivity index (χ0n) is 16.0. The maximum atomic E-state index is 9.49. The molecule has 2 rings (SSSR count). The van der Waals surface area contributed by atoms with Gasteiger partial charge in [0.25, 0.3) is 0 Å². The Morgan fingerprint density at radius 1 is 1.00 bits per heavy atom. The predicted molar refractivity (Wildman–Crippen MR) is 105 cm³/mol. The van der Waals surface area contributed by atoms with Crippen molar-refractivity contribution in [3.8, 4) is 16.9 Å². The van der Waals surface area contributed by atoms with Crippen molar-refractivity contribution in [3.63, 3.8) is 0 Å². The fourth-order valence-electron chi connectivity index (χ4n) is 2.60. The highest BCUT2D eigenvalue weighted by Gasteiger charge is 2.39. The molecule has 0 unspecified atom stereocenters. The topological polar surface area (TPSA) is 29.5 Å². The summed E-state index contributed by atoms with van der Waals surface area (Å²) in [5, 5.41) is 9.68. The molecule has 0 spiro atoms. The van der Waals surface area contributed by atoms with E-state index in [0.717, 1.165) is 16.9 Å². The van der Waals surface area contributed by atoms with Crippen LogP contribution < -0.4 is 4.43 Å². The summed E-state index contributed by atoms with van der Waals surface area (Å²) in [6.07, 6.45) is 0. The Bertz CT molecular complexity index is 727. The van der Waals surface area contributed by atoms with E-state index in [2.05, 4.69) is 72.0 Å². The average Bonchev–Trinajstić information content (AvgIpc) is 2.47. The highest BCUT2D eigenvalue weighted by Crippen LogP contribution is 2.38. The lowest BCUT2D eigenvalue weighted by atomic mass is 9.94. The molecule has 0 atom stereocenters. The third-order valence-corrected chi connectivity index (χ3v) is 9.64. The summed E-state index contributed by atoms with van der Waals surface area (Å²) >= 11 is 0. The number of aliphatic hydroxyl groups is 1. The van der Waals surface area contributed by atoms with Gasteiger partial charge in [0.15, 0.2) is 0 Å². The molecule has 24 heavy (non-hydrogen) atoms. The molecule has 0 aromatic heterocycles. The summed E-state index contributed by atoms with van der Waals surface area (Å²) in [4.78, 5) is 0. The largest absolute Gasteiger partial charge is 0.543 e. The minimum atomic E-state index is -1.82. The molecule has 1 N–H and O–H groups in total. The minimum Gasteiger partial charge on any atom is -0.543 e. The van der Waals surface area contributed by atoms with E-state index in [1.165, 1.54) is 16.7 Å². The zero-order valence-corrected chi connectivity index (χ0v) is 17.0. The van der Waals surface area contributed by atoms with Gasteiger partial charge in [-0.25, -0.2) is 0 Å². The Hall–Kier alpha value is -1.58. The van der Waals surface area contributed by atoms with Gasteiger partial charge in [-0.2, -0.15) is 0 Å². The van der Waals surface area contributed by atoms with Crippen LogP contribution in [-0.4, -0.2) is 13.4 Å². The maximum Gasteiger partial charge on any atom is 0.250 e. The number of aliphatic hydroxyl groups excluding tert-OH is 1. The Kier molecular flexibility index (Phi) is 5.26. The van der Waals surface area contributed by atoms with Gasteiger partial charge in [0.2, 0.25) is 8.32 Å². The molecule has 0 aliphatic heterocycles. The van der Waals surface area contributed by atoms with Gasteiger partial charge < -0.3 is 9.53 Å². The van der Waals surface area contributed by atoms with Crippen LogP contribution in [0.5, 0.6) is 5.75 Å². The van der Waals surface area contributed by atoms with Crippen molar-refractivity contribution in [3.05, 3.63) is 53.1 Å². The van der Waals surface area contributed by atoms with Crippen LogP contribution in [0.15, 0.2) is 36.4 Å². The second-order valence-electron chi connectivity index (χ2n) is 8.09. The van der Waals surface area contributed by atoms with Crippen molar-refractivity contribution in [2.75, 3.05) is 0 Å². The second-order valence-corrected chi connectivity index (χ2v) is 12.8. The summed E-state index contributed by atoms with van der Waals surface area (Å²) in [5.74, 6) is 0.957. The summed E-state index contributed by atoms with van der Waals surface area (Å²) in [6.45, 7) is 15.6. The molecule has 2 aromatic carbocycles. The van der Waals surface area contributed by atoms with Gasteiger partial charge >= 0.3 is 0 Å². The Balaban J connectivity index is 2.38. The lowest BCUT2D eigenvalue weighted by molar-refractivity contribution is 0.281. The molecule has 0 aliphatic rings. The number of hydrogen-bond donors (Lipinski definition) is 1. The lowest BCUT2D eigenvalue weighted by Gasteiger charge is -2.36. The monoisotopic (exact) mass is 342 g/mol. The van der Waals surface area contributed by atoms with Gasteiger partial charge in [-0.3, -0.25) is 0 Å². The van der Waals surface area contributed by atoms with Crippen LogP contribution in [0.3, 0.4) is 0 Å². The quantitative estimate of drug-likeness (QED) is 0.707. The smallest absolute Gasteiger partial charge is 0.250 e. The zero-order chi connectivity index (χ0) is 18.1. The molecule has 130 valence electrons. The fraction of sp³-hybridized carbons (Fsp3) is 0.429. The van der Waals surface area contributed by atoms with Crippen LogP contribution in [0, 0.1) is 13.8 Å². The van der Waals surface area contributed by atoms with Crippen molar-refractivity contribution in [1.29, 1.82) is 0 Å². The van der Waals surface area contributed by atoms with Gasteiger partial charge in [0.05, 0.1) is 6.61 Å². The van der Waals surface area contributed by atoms with E-state index >= 15 is 0 Å². The fourth-order valence-corrected chi connectivity index (χ4v) is 3.62. The van der Waals surface area contributed by atoms with E-state index in [1.807, 2.05) is 12.1 Å². The predicted octanol–water partition coefficient (Wildman–Crippen LogP) is 5.85. The van der Waals surface area contributed by atoms with Gasteiger partial charge in [0, 0.05) is 0 Å². The molecular formula is C21H30O2Si. The molecule has 2 nitrogen and oxygen atoms in total. The molecule has 0 fully saturated rings. The number of rotatable bonds is 4. The van der Waals surface area contributed by atoms with Gasteiger partial charge in [-0.1, -0.05) is 45.0 Å². The van der Waals surface area contributed by atoms with E-state index in [0.29, 0.717) is 0 Å². The highest BCUT2D eigenvalue weighted by atomic mass is 28.4. The molecular weight excluding hydrogens is 312 g/mol. The van der Waals surface area contributed by atoms with Crippen LogP contribution in [0.2, 0.25) is 18.1 Å². The molecule has 0 bridgehead atoms. The standard InChI is InChI=1S/C21H30O2Si/c1-15-13-18(23-24(6,7)21(3,4)5)11-12-19(15)20-10-8-9-17(14-22)16(20)2/h8-13,22H,14H2,1-7H3. The highest BCUT2D eigenvalue weighted by molar-refractivity contribution is 6.74. The first-order valence-electron chi connectivity index (χ1n) is 8.56. The van der Waals surface area contributed by atoms with Crippen molar-refractivity contribution >= 4 is 8.32 Å². The van der Waals surface area contributed by atoms with E-state index in [1.54, 1.807) is 0 Å². The van der Waals surface area contributed by atoms with Crippen LogP contribution in [0.1, 0.15) is 37.5 Å². The van der Waals surface area contributed by atoms with E-state index in [4.69, 9.17) is 4.43 Å². The Labute approximate surface area is 147 Å². The summed E-state index contributed by atoms with van der Waals surface area (Å²) < 4.78 is 6.41. The van der Waals surface area contributed by atoms with Crippen molar-refractivity contribution in [2.24, 2.45) is 0 Å². The molecule has 0 saturated heterocycles. The number of hydrogen-bond acceptors (Lipinski definition) is 2. The maximum absolute atomic E-state index is 9.49. The lowest BCUT2D eigenvalue weighted by Crippen LogP contribution is -2.43. The van der Waals surface area contributed by atoms with E-state index < -0.39 is 8.32 Å². The van der Waals surface area contributed by atoms with Crippen LogP contribution >= 0.6 is 0 Å². The third-order valence-electron chi connectivity index (χ3n) is 5.28. The number of benzene rings is 2.